The predicted molar refractivity (Wildman–Crippen MR) is 211 cm³/mol. The third-order valence-electron chi connectivity index (χ3n) is 10.2. The van der Waals surface area contributed by atoms with Gasteiger partial charge in [0.2, 0.25) is 0 Å². The van der Waals surface area contributed by atoms with Crippen LogP contribution in [-0.4, -0.2) is 5.71 Å². The Kier molecular flexibility index (Phi) is 6.56. The van der Waals surface area contributed by atoms with E-state index in [0.717, 1.165) is 50.0 Å². The van der Waals surface area contributed by atoms with Crippen molar-refractivity contribution in [3.63, 3.8) is 0 Å². The Morgan fingerprint density at radius 3 is 2.12 bits per heavy atom. The smallest absolute Gasteiger partial charge is 0.145 e. The molecule has 3 N–H and O–H groups in total. The van der Waals surface area contributed by atoms with Crippen LogP contribution >= 0.6 is 23.1 Å². The van der Waals surface area contributed by atoms with Gasteiger partial charge in [0.15, 0.2) is 0 Å². The second-order valence-electron chi connectivity index (χ2n) is 13.2. The van der Waals surface area contributed by atoms with Gasteiger partial charge < -0.3 is 15.1 Å². The van der Waals surface area contributed by atoms with Crippen molar-refractivity contribution in [2.45, 2.75) is 23.3 Å². The summed E-state index contributed by atoms with van der Waals surface area (Å²) in [4.78, 5) is 9.17. The number of hydrogen-bond donors (Lipinski definition) is 3. The van der Waals surface area contributed by atoms with Crippen molar-refractivity contribution in [1.29, 1.82) is 0 Å². The van der Waals surface area contributed by atoms with Gasteiger partial charge in [0, 0.05) is 36.2 Å². The summed E-state index contributed by atoms with van der Waals surface area (Å²) in [6.45, 7) is 0. The molecule has 3 aliphatic heterocycles. The van der Waals surface area contributed by atoms with Crippen molar-refractivity contribution < 1.29 is 4.42 Å². The summed E-state index contributed by atoms with van der Waals surface area (Å²) >= 11 is 3.66. The number of anilines is 1. The molecule has 3 unspecified atom stereocenters. The molecule has 5 nitrogen and oxygen atoms in total. The Morgan fingerprint density at radius 2 is 1.29 bits per heavy atom. The standard InChI is InChI=1S/C44H30N4OS2/c1-3-11-25(12-4-1)37-41-39(29-15-7-9-17-35(29)50-41)47-43(45-37)27-19-21-33-31(23-27)32-24-28(20-22-34(32)49-33)44-46-38(26-13-5-2-6-14-26)42-40(48-44)30-16-8-10-18-36(30)51-42/h1-24,39,43-45,47-48H. The van der Waals surface area contributed by atoms with Crippen LogP contribution < -0.4 is 16.0 Å². The molecule has 0 fully saturated rings. The number of nitrogens with zero attached hydrogens (tertiary/aromatic N) is 1. The fourth-order valence-electron chi connectivity index (χ4n) is 7.76. The van der Waals surface area contributed by atoms with Gasteiger partial charge in [-0.25, -0.2) is 0 Å². The first-order chi connectivity index (χ1) is 25.2. The van der Waals surface area contributed by atoms with E-state index in [1.54, 1.807) is 11.3 Å². The Morgan fingerprint density at radius 1 is 0.608 bits per heavy atom. The number of rotatable bonds is 4. The second-order valence-corrected chi connectivity index (χ2v) is 15.4. The average Bonchev–Trinajstić information content (AvgIpc) is 3.88. The van der Waals surface area contributed by atoms with Gasteiger partial charge in [-0.3, -0.25) is 10.3 Å². The molecule has 244 valence electrons. The highest BCUT2D eigenvalue weighted by Gasteiger charge is 2.37. The zero-order valence-electron chi connectivity index (χ0n) is 27.3. The number of aliphatic imine (C=N–C) groups is 1. The molecule has 11 rings (SSSR count). The highest BCUT2D eigenvalue weighted by Crippen LogP contribution is 2.52. The fraction of sp³-hybridized carbons (Fsp3) is 0.0682. The summed E-state index contributed by atoms with van der Waals surface area (Å²) in [7, 11) is 0. The molecule has 0 saturated heterocycles. The van der Waals surface area contributed by atoms with E-state index in [-0.39, 0.29) is 18.4 Å². The summed E-state index contributed by atoms with van der Waals surface area (Å²) in [5.74, 6) is 0. The van der Waals surface area contributed by atoms with Crippen LogP contribution in [0.5, 0.6) is 0 Å². The van der Waals surface area contributed by atoms with Crippen LogP contribution in [-0.2, 0) is 0 Å². The fourth-order valence-corrected chi connectivity index (χ4v) is 10.2. The Labute approximate surface area is 302 Å². The Hall–Kier alpha value is -5.60. The number of hydrogen-bond acceptors (Lipinski definition) is 7. The van der Waals surface area contributed by atoms with Gasteiger partial charge in [0.05, 0.1) is 28.0 Å². The van der Waals surface area contributed by atoms with Crippen LogP contribution in [0.1, 0.15) is 51.1 Å². The molecule has 7 heteroatoms. The third-order valence-corrected chi connectivity index (χ3v) is 12.6. The van der Waals surface area contributed by atoms with Gasteiger partial charge in [0.25, 0.3) is 0 Å². The molecule has 5 heterocycles. The molecule has 3 atom stereocenters. The molecule has 51 heavy (non-hydrogen) atoms. The van der Waals surface area contributed by atoms with E-state index in [1.807, 2.05) is 11.8 Å². The van der Waals surface area contributed by atoms with E-state index in [4.69, 9.17) is 9.41 Å². The van der Waals surface area contributed by atoms with Crippen LogP contribution in [0.2, 0.25) is 0 Å². The van der Waals surface area contributed by atoms with Crippen LogP contribution in [0.25, 0.3) is 37.7 Å². The van der Waals surface area contributed by atoms with E-state index in [2.05, 4.69) is 162 Å². The number of furan rings is 1. The molecule has 0 saturated carbocycles. The quantitative estimate of drug-likeness (QED) is 0.171. The van der Waals surface area contributed by atoms with Crippen molar-refractivity contribution in [3.05, 3.63) is 183 Å². The lowest BCUT2D eigenvalue weighted by atomic mass is 9.97. The van der Waals surface area contributed by atoms with Crippen LogP contribution in [0.3, 0.4) is 0 Å². The van der Waals surface area contributed by atoms with Gasteiger partial charge in [-0.05, 0) is 58.7 Å². The van der Waals surface area contributed by atoms with Crippen LogP contribution in [0.15, 0.2) is 165 Å². The summed E-state index contributed by atoms with van der Waals surface area (Å²) in [5.41, 5.74) is 11.0. The minimum absolute atomic E-state index is 0.0958. The van der Waals surface area contributed by atoms with E-state index in [1.165, 1.54) is 41.6 Å². The normalized spacial score (nSPS) is 19.4. The minimum Gasteiger partial charge on any atom is -0.456 e. The van der Waals surface area contributed by atoms with Gasteiger partial charge in [-0.2, -0.15) is 0 Å². The van der Waals surface area contributed by atoms with E-state index < -0.39 is 0 Å². The molecule has 0 amide bonds. The monoisotopic (exact) mass is 694 g/mol. The van der Waals surface area contributed by atoms with Crippen molar-refractivity contribution in [1.82, 2.24) is 10.6 Å². The van der Waals surface area contributed by atoms with Crippen LogP contribution in [0.4, 0.5) is 5.69 Å². The minimum atomic E-state index is -0.248. The summed E-state index contributed by atoms with van der Waals surface area (Å²) < 4.78 is 7.68. The van der Waals surface area contributed by atoms with Gasteiger partial charge >= 0.3 is 0 Å². The average molecular weight is 695 g/mol. The Bertz CT molecular complexity index is 2730. The lowest BCUT2D eigenvalue weighted by Gasteiger charge is -2.34. The molecule has 0 bridgehead atoms. The topological polar surface area (TPSA) is 61.6 Å². The largest absolute Gasteiger partial charge is 0.456 e. The van der Waals surface area contributed by atoms with Gasteiger partial charge in [-0.15, -0.1) is 11.3 Å². The molecule has 0 spiro atoms. The van der Waals surface area contributed by atoms with Crippen LogP contribution in [0, 0.1) is 0 Å². The summed E-state index contributed by atoms with van der Waals surface area (Å²) in [5, 5.41) is 15.1. The maximum atomic E-state index is 6.43. The number of thioether (sulfide) groups is 1. The molecular weight excluding hydrogens is 665 g/mol. The second kappa shape index (κ2) is 11.5. The molecule has 0 radical (unpaired) electrons. The zero-order valence-corrected chi connectivity index (χ0v) is 28.9. The first-order valence-corrected chi connectivity index (χ1v) is 18.9. The van der Waals surface area contributed by atoms with Crippen molar-refractivity contribution >= 4 is 72.2 Å². The highest BCUT2D eigenvalue weighted by atomic mass is 32.2. The van der Waals surface area contributed by atoms with E-state index >= 15 is 0 Å². The van der Waals surface area contributed by atoms with E-state index in [0.29, 0.717) is 0 Å². The van der Waals surface area contributed by atoms with Crippen molar-refractivity contribution in [3.8, 4) is 0 Å². The maximum absolute atomic E-state index is 6.43. The van der Waals surface area contributed by atoms with Crippen molar-refractivity contribution in [2.24, 2.45) is 4.99 Å². The van der Waals surface area contributed by atoms with Gasteiger partial charge in [0.1, 0.15) is 23.5 Å². The van der Waals surface area contributed by atoms with E-state index in [9.17, 15) is 0 Å². The third kappa shape index (κ3) is 4.69. The summed E-state index contributed by atoms with van der Waals surface area (Å²) in [6, 6.07) is 51.8. The molecule has 6 aromatic carbocycles. The maximum Gasteiger partial charge on any atom is 0.145 e. The summed E-state index contributed by atoms with van der Waals surface area (Å²) in [6.07, 6.45) is -0.344. The molecule has 8 aromatic rings. The van der Waals surface area contributed by atoms with Gasteiger partial charge in [-0.1, -0.05) is 121 Å². The zero-order chi connectivity index (χ0) is 33.5. The lowest BCUT2D eigenvalue weighted by Crippen LogP contribution is -2.40. The first-order valence-electron chi connectivity index (χ1n) is 17.2. The SMILES string of the molecule is c1ccc(C2=NC(c3ccc4oc5ccc(C6NC(c7ccccc7)=C7Sc8ccccc8C7N6)cc5c4c3)Nc3c2sc2ccccc32)cc1. The number of benzene rings is 6. The highest BCUT2D eigenvalue weighted by molar-refractivity contribution is 8.03. The predicted octanol–water partition coefficient (Wildman–Crippen LogP) is 11.2. The molecule has 2 aromatic heterocycles. The van der Waals surface area contributed by atoms with Crippen molar-refractivity contribution in [2.75, 3.05) is 5.32 Å². The Balaban J connectivity index is 1.01. The molecular formula is C44H30N4OS2. The molecule has 3 aliphatic rings. The molecule has 0 aliphatic carbocycles. The lowest BCUT2D eigenvalue weighted by molar-refractivity contribution is 0.439. The first kappa shape index (κ1) is 29.2. The number of nitrogens with one attached hydrogen (secondary N) is 3. The number of thiophene rings is 1. The number of fused-ring (bicyclic) bond motifs is 9.